The molecule has 19 heavy (non-hydrogen) atoms. The van der Waals surface area contributed by atoms with Crippen LogP contribution < -0.4 is 5.32 Å². The number of nitrogens with zero attached hydrogens (tertiary/aromatic N) is 2. The van der Waals surface area contributed by atoms with Crippen molar-refractivity contribution in [3.05, 3.63) is 45.4 Å². The van der Waals surface area contributed by atoms with Crippen LogP contribution in [0.4, 0.5) is 5.69 Å². The second-order valence-corrected chi connectivity index (χ2v) is 5.84. The van der Waals surface area contributed by atoms with Gasteiger partial charge in [0.25, 0.3) is 5.91 Å². The van der Waals surface area contributed by atoms with Gasteiger partial charge in [0.2, 0.25) is 0 Å². The minimum atomic E-state index is -0.0451. The van der Waals surface area contributed by atoms with Gasteiger partial charge in [0, 0.05) is 25.2 Å². The van der Waals surface area contributed by atoms with Crippen LogP contribution in [0.2, 0.25) is 4.34 Å². The molecule has 0 saturated heterocycles. The molecule has 0 atom stereocenters. The third-order valence-electron chi connectivity index (χ3n) is 2.69. The first kappa shape index (κ1) is 13.8. The Morgan fingerprint density at radius 3 is 2.89 bits per heavy atom. The molecule has 1 N–H and O–H groups in total. The molecule has 4 nitrogen and oxygen atoms in total. The highest BCUT2D eigenvalue weighted by Gasteiger charge is 2.16. The Kier molecular flexibility index (Phi) is 4.39. The molecule has 1 amide bonds. The van der Waals surface area contributed by atoms with Gasteiger partial charge >= 0.3 is 0 Å². The molecule has 2 heterocycles. The van der Waals surface area contributed by atoms with E-state index in [1.165, 1.54) is 11.3 Å². The fourth-order valence-corrected chi connectivity index (χ4v) is 2.87. The van der Waals surface area contributed by atoms with E-state index >= 15 is 0 Å². The van der Waals surface area contributed by atoms with Gasteiger partial charge in [-0.05, 0) is 18.2 Å². The number of anilines is 1. The van der Waals surface area contributed by atoms with E-state index in [9.17, 15) is 4.79 Å². The number of amides is 1. The molecule has 0 spiro atoms. The molecule has 2 aromatic rings. The number of aromatic nitrogens is 1. The van der Waals surface area contributed by atoms with E-state index in [0.717, 1.165) is 14.9 Å². The van der Waals surface area contributed by atoms with Crippen molar-refractivity contribution in [1.29, 1.82) is 0 Å². The maximum absolute atomic E-state index is 12.4. The van der Waals surface area contributed by atoms with Gasteiger partial charge in [0.05, 0.1) is 28.3 Å². The summed E-state index contributed by atoms with van der Waals surface area (Å²) in [5.74, 6) is -0.0451. The molecule has 0 unspecified atom stereocenters. The number of carbonyl (C=O) groups excluding carboxylic acids is 1. The highest BCUT2D eigenvalue weighted by atomic mass is 35.5. The summed E-state index contributed by atoms with van der Waals surface area (Å²) in [4.78, 5) is 19.1. The first-order valence-electron chi connectivity index (χ1n) is 5.73. The third kappa shape index (κ3) is 3.24. The van der Waals surface area contributed by atoms with Crippen LogP contribution in [-0.2, 0) is 6.54 Å². The number of carbonyl (C=O) groups is 1. The number of halogens is 1. The zero-order valence-corrected chi connectivity index (χ0v) is 12.3. The van der Waals surface area contributed by atoms with Crippen molar-refractivity contribution in [3.63, 3.8) is 0 Å². The van der Waals surface area contributed by atoms with Crippen molar-refractivity contribution in [2.45, 2.75) is 6.54 Å². The zero-order chi connectivity index (χ0) is 13.8. The molecule has 0 fully saturated rings. The summed E-state index contributed by atoms with van der Waals surface area (Å²) >= 11 is 7.37. The number of hydrogen-bond donors (Lipinski definition) is 1. The van der Waals surface area contributed by atoms with E-state index in [1.807, 2.05) is 12.1 Å². The van der Waals surface area contributed by atoms with Gasteiger partial charge in [-0.15, -0.1) is 11.3 Å². The van der Waals surface area contributed by atoms with Crippen molar-refractivity contribution in [2.75, 3.05) is 19.4 Å². The Morgan fingerprint density at radius 2 is 2.26 bits per heavy atom. The summed E-state index contributed by atoms with van der Waals surface area (Å²) < 4.78 is 0.732. The van der Waals surface area contributed by atoms with E-state index in [1.54, 1.807) is 37.5 Å². The van der Waals surface area contributed by atoms with Gasteiger partial charge in [0.15, 0.2) is 0 Å². The lowest BCUT2D eigenvalue weighted by molar-refractivity contribution is 0.0787. The highest BCUT2D eigenvalue weighted by molar-refractivity contribution is 7.16. The highest BCUT2D eigenvalue weighted by Crippen LogP contribution is 2.23. The van der Waals surface area contributed by atoms with E-state index in [0.29, 0.717) is 12.1 Å². The molecule has 0 aliphatic rings. The first-order valence-corrected chi connectivity index (χ1v) is 6.92. The lowest BCUT2D eigenvalue weighted by Gasteiger charge is -2.17. The predicted molar refractivity (Wildman–Crippen MR) is 78.9 cm³/mol. The van der Waals surface area contributed by atoms with Crippen LogP contribution in [0.15, 0.2) is 30.6 Å². The van der Waals surface area contributed by atoms with Gasteiger partial charge in [-0.2, -0.15) is 0 Å². The van der Waals surface area contributed by atoms with Crippen LogP contribution in [0, 0.1) is 0 Å². The monoisotopic (exact) mass is 295 g/mol. The maximum atomic E-state index is 12.4. The first-order chi connectivity index (χ1) is 9.11. The predicted octanol–water partition coefficient (Wildman–Crippen LogP) is 3.11. The molecular weight excluding hydrogens is 282 g/mol. The number of hydrogen-bond acceptors (Lipinski definition) is 4. The Hall–Kier alpha value is -1.59. The van der Waals surface area contributed by atoms with Crippen molar-refractivity contribution in [2.24, 2.45) is 0 Å². The molecule has 2 aromatic heterocycles. The van der Waals surface area contributed by atoms with Gasteiger partial charge in [-0.3, -0.25) is 9.78 Å². The summed E-state index contributed by atoms with van der Waals surface area (Å²) in [7, 11) is 3.54. The van der Waals surface area contributed by atoms with E-state index in [4.69, 9.17) is 11.6 Å². The average molecular weight is 296 g/mol. The molecule has 0 aliphatic carbocycles. The minimum Gasteiger partial charge on any atom is -0.386 e. The third-order valence-corrected chi connectivity index (χ3v) is 3.91. The Morgan fingerprint density at radius 1 is 1.47 bits per heavy atom. The van der Waals surface area contributed by atoms with Crippen LogP contribution in [0.3, 0.4) is 0 Å². The van der Waals surface area contributed by atoms with Crippen LogP contribution >= 0.6 is 22.9 Å². The summed E-state index contributed by atoms with van der Waals surface area (Å²) in [6.07, 6.45) is 3.26. The van der Waals surface area contributed by atoms with E-state index in [2.05, 4.69) is 10.3 Å². The van der Waals surface area contributed by atoms with Gasteiger partial charge in [0.1, 0.15) is 0 Å². The Labute approximate surface area is 121 Å². The smallest absolute Gasteiger partial charge is 0.256 e. The topological polar surface area (TPSA) is 45.2 Å². The number of rotatable bonds is 4. The second-order valence-electron chi connectivity index (χ2n) is 4.04. The maximum Gasteiger partial charge on any atom is 0.256 e. The number of pyridine rings is 1. The van der Waals surface area contributed by atoms with Crippen molar-refractivity contribution in [1.82, 2.24) is 9.88 Å². The fourth-order valence-electron chi connectivity index (χ4n) is 1.73. The molecule has 0 saturated carbocycles. The van der Waals surface area contributed by atoms with Crippen LogP contribution in [0.5, 0.6) is 0 Å². The quantitative estimate of drug-likeness (QED) is 0.942. The summed E-state index contributed by atoms with van der Waals surface area (Å²) in [6.45, 7) is 0.543. The fraction of sp³-hybridized carbons (Fsp3) is 0.231. The zero-order valence-electron chi connectivity index (χ0n) is 10.7. The number of nitrogens with one attached hydrogen (secondary N) is 1. The second kappa shape index (κ2) is 6.04. The van der Waals surface area contributed by atoms with Crippen LogP contribution in [0.25, 0.3) is 0 Å². The molecule has 0 bridgehead atoms. The van der Waals surface area contributed by atoms with Gasteiger partial charge in [-0.25, -0.2) is 0 Å². The lowest BCUT2D eigenvalue weighted by Crippen LogP contribution is -2.26. The van der Waals surface area contributed by atoms with E-state index in [-0.39, 0.29) is 5.91 Å². The van der Waals surface area contributed by atoms with Crippen molar-refractivity contribution < 1.29 is 4.79 Å². The Balaban J connectivity index is 2.14. The molecule has 0 aliphatic heterocycles. The van der Waals surface area contributed by atoms with Gasteiger partial charge < -0.3 is 10.2 Å². The SMILES string of the molecule is CNc1cnccc1C(=O)N(C)Cc1ccc(Cl)s1. The summed E-state index contributed by atoms with van der Waals surface area (Å²) in [6, 6.07) is 5.49. The Bertz CT molecular complexity index is 585. The normalized spacial score (nSPS) is 10.3. The van der Waals surface area contributed by atoms with Crippen LogP contribution in [0.1, 0.15) is 15.2 Å². The summed E-state index contributed by atoms with van der Waals surface area (Å²) in [5.41, 5.74) is 1.34. The minimum absolute atomic E-state index is 0.0451. The molecule has 100 valence electrons. The largest absolute Gasteiger partial charge is 0.386 e. The van der Waals surface area contributed by atoms with Gasteiger partial charge in [-0.1, -0.05) is 11.6 Å². The summed E-state index contributed by atoms with van der Waals surface area (Å²) in [5, 5.41) is 2.97. The number of thiophene rings is 1. The molecule has 0 aromatic carbocycles. The molecule has 0 radical (unpaired) electrons. The van der Waals surface area contributed by atoms with Crippen molar-refractivity contribution >= 4 is 34.5 Å². The van der Waals surface area contributed by atoms with E-state index < -0.39 is 0 Å². The molecule has 6 heteroatoms. The van der Waals surface area contributed by atoms with Crippen LogP contribution in [-0.4, -0.2) is 29.9 Å². The average Bonchev–Trinajstić information content (AvgIpc) is 2.83. The molecule has 2 rings (SSSR count). The lowest BCUT2D eigenvalue weighted by atomic mass is 10.2. The standard InChI is InChI=1S/C13H14ClN3OS/c1-15-11-7-16-6-5-10(11)13(18)17(2)8-9-3-4-12(14)19-9/h3-7,15H,8H2,1-2H3. The van der Waals surface area contributed by atoms with Crippen molar-refractivity contribution in [3.8, 4) is 0 Å². The molecular formula is C13H14ClN3OS.